The van der Waals surface area contributed by atoms with Crippen LogP contribution >= 0.6 is 0 Å². The Kier molecular flexibility index (Phi) is 4.25. The molecule has 0 bridgehead atoms. The van der Waals surface area contributed by atoms with E-state index in [9.17, 15) is 4.79 Å². The van der Waals surface area contributed by atoms with Crippen LogP contribution in [-0.2, 0) is 13.1 Å². The van der Waals surface area contributed by atoms with Crippen LogP contribution in [0.5, 0.6) is 5.75 Å². The van der Waals surface area contributed by atoms with Crippen molar-refractivity contribution in [3.63, 3.8) is 0 Å². The van der Waals surface area contributed by atoms with Gasteiger partial charge >= 0.3 is 0 Å². The highest BCUT2D eigenvalue weighted by Crippen LogP contribution is 2.18. The van der Waals surface area contributed by atoms with Gasteiger partial charge in [0, 0.05) is 6.54 Å². The summed E-state index contributed by atoms with van der Waals surface area (Å²) < 4.78 is 6.92. The molecule has 0 atom stereocenters. The van der Waals surface area contributed by atoms with Crippen LogP contribution in [0.25, 0.3) is 0 Å². The number of hydrogen-bond acceptors (Lipinski definition) is 5. The Morgan fingerprint density at radius 2 is 2.21 bits per heavy atom. The van der Waals surface area contributed by atoms with Crippen molar-refractivity contribution >= 4 is 5.78 Å². The number of ketones is 1. The summed E-state index contributed by atoms with van der Waals surface area (Å²) in [4.78, 5) is 12.2. The minimum atomic E-state index is -0.0717. The highest BCUT2D eigenvalue weighted by atomic mass is 16.5. The largest absolute Gasteiger partial charge is 0.493 e. The lowest BCUT2D eigenvalue weighted by atomic mass is 10.1. The number of nitrogens with zero attached hydrogens (tertiary/aromatic N) is 3. The topological polar surface area (TPSA) is 83.0 Å². The molecule has 6 heteroatoms. The van der Waals surface area contributed by atoms with Crippen LogP contribution in [0, 0.1) is 0 Å². The molecule has 0 aliphatic heterocycles. The van der Waals surface area contributed by atoms with Crippen molar-refractivity contribution in [2.75, 3.05) is 6.61 Å². The van der Waals surface area contributed by atoms with Gasteiger partial charge in [0.1, 0.15) is 12.3 Å². The van der Waals surface area contributed by atoms with Crippen molar-refractivity contribution in [3.8, 4) is 5.75 Å². The van der Waals surface area contributed by atoms with Crippen molar-refractivity contribution in [2.45, 2.75) is 20.0 Å². The summed E-state index contributed by atoms with van der Waals surface area (Å²) in [5.41, 5.74) is 6.66. The van der Waals surface area contributed by atoms with Crippen molar-refractivity contribution in [2.24, 2.45) is 5.73 Å². The Balaban J connectivity index is 2.15. The number of para-hydroxylation sites is 1. The first-order valence-corrected chi connectivity index (χ1v) is 6.08. The first kappa shape index (κ1) is 13.2. The molecule has 2 rings (SSSR count). The third kappa shape index (κ3) is 3.17. The Morgan fingerprint density at radius 1 is 1.42 bits per heavy atom. The number of carbonyl (C=O) groups is 1. The van der Waals surface area contributed by atoms with E-state index in [4.69, 9.17) is 10.5 Å². The van der Waals surface area contributed by atoms with E-state index in [1.54, 1.807) is 18.3 Å². The van der Waals surface area contributed by atoms with E-state index in [1.807, 2.05) is 19.1 Å². The summed E-state index contributed by atoms with van der Waals surface area (Å²) in [6, 6.07) is 7.17. The lowest BCUT2D eigenvalue weighted by molar-refractivity contribution is 0.0963. The molecule has 0 amide bonds. The van der Waals surface area contributed by atoms with Gasteiger partial charge in [-0.3, -0.25) is 4.79 Å². The monoisotopic (exact) mass is 260 g/mol. The van der Waals surface area contributed by atoms with E-state index in [2.05, 4.69) is 10.3 Å². The SMILES string of the molecule is CCOc1ccccc1C(=O)Cn1cc(CN)nn1. The minimum Gasteiger partial charge on any atom is -0.493 e. The lowest BCUT2D eigenvalue weighted by Gasteiger charge is -2.08. The van der Waals surface area contributed by atoms with Crippen molar-refractivity contribution < 1.29 is 9.53 Å². The fraction of sp³-hybridized carbons (Fsp3) is 0.308. The van der Waals surface area contributed by atoms with E-state index >= 15 is 0 Å². The number of nitrogens with two attached hydrogens (primary N) is 1. The molecule has 2 aromatic rings. The zero-order valence-electron chi connectivity index (χ0n) is 10.7. The molecule has 0 aliphatic rings. The summed E-state index contributed by atoms with van der Waals surface area (Å²) in [5, 5.41) is 7.70. The molecule has 0 fully saturated rings. The quantitative estimate of drug-likeness (QED) is 0.784. The predicted molar refractivity (Wildman–Crippen MR) is 69.9 cm³/mol. The van der Waals surface area contributed by atoms with Crippen LogP contribution in [0.2, 0.25) is 0 Å². The molecular weight excluding hydrogens is 244 g/mol. The third-order valence-electron chi connectivity index (χ3n) is 2.59. The molecular formula is C13H16N4O2. The van der Waals surface area contributed by atoms with Gasteiger partial charge in [-0.25, -0.2) is 4.68 Å². The zero-order chi connectivity index (χ0) is 13.7. The number of benzene rings is 1. The van der Waals surface area contributed by atoms with Crippen LogP contribution in [-0.4, -0.2) is 27.4 Å². The Morgan fingerprint density at radius 3 is 2.89 bits per heavy atom. The van der Waals surface area contributed by atoms with Crippen molar-refractivity contribution in [1.82, 2.24) is 15.0 Å². The summed E-state index contributed by atoms with van der Waals surface area (Å²) in [6.07, 6.45) is 1.67. The first-order valence-electron chi connectivity index (χ1n) is 6.08. The summed E-state index contributed by atoms with van der Waals surface area (Å²) in [6.45, 7) is 2.83. The second kappa shape index (κ2) is 6.10. The van der Waals surface area contributed by atoms with Gasteiger partial charge in [-0.05, 0) is 19.1 Å². The number of carbonyl (C=O) groups excluding carboxylic acids is 1. The Labute approximate surface area is 111 Å². The molecule has 0 unspecified atom stereocenters. The van der Waals surface area contributed by atoms with E-state index in [0.717, 1.165) is 0 Å². The van der Waals surface area contributed by atoms with Gasteiger partial charge in [-0.2, -0.15) is 0 Å². The van der Waals surface area contributed by atoms with E-state index in [1.165, 1.54) is 4.68 Å². The predicted octanol–water partition coefficient (Wildman–Crippen LogP) is 1.02. The van der Waals surface area contributed by atoms with Gasteiger partial charge in [-0.15, -0.1) is 5.10 Å². The Bertz CT molecular complexity index is 565. The standard InChI is InChI=1S/C13H16N4O2/c1-2-19-13-6-4-3-5-11(13)12(18)9-17-8-10(7-14)15-16-17/h3-6,8H,2,7,9,14H2,1H3. The maximum atomic E-state index is 12.2. The van der Waals surface area contributed by atoms with Crippen LogP contribution in [0.4, 0.5) is 0 Å². The minimum absolute atomic E-state index is 0.0717. The molecule has 1 heterocycles. The normalized spacial score (nSPS) is 10.4. The van der Waals surface area contributed by atoms with Gasteiger partial charge in [0.2, 0.25) is 0 Å². The highest BCUT2D eigenvalue weighted by Gasteiger charge is 2.13. The van der Waals surface area contributed by atoms with E-state index < -0.39 is 0 Å². The lowest BCUT2D eigenvalue weighted by Crippen LogP contribution is -2.12. The molecule has 2 N–H and O–H groups in total. The molecule has 100 valence electrons. The molecule has 0 saturated heterocycles. The molecule has 0 radical (unpaired) electrons. The highest BCUT2D eigenvalue weighted by molar-refractivity contribution is 5.98. The molecule has 1 aromatic carbocycles. The maximum Gasteiger partial charge on any atom is 0.188 e. The second-order valence-corrected chi connectivity index (χ2v) is 3.96. The molecule has 0 spiro atoms. The van der Waals surface area contributed by atoms with Crippen LogP contribution in [0.3, 0.4) is 0 Å². The van der Waals surface area contributed by atoms with E-state index in [-0.39, 0.29) is 12.3 Å². The first-order chi connectivity index (χ1) is 9.24. The van der Waals surface area contributed by atoms with E-state index in [0.29, 0.717) is 30.2 Å². The summed E-state index contributed by atoms with van der Waals surface area (Å²) in [5.74, 6) is 0.520. The number of aromatic nitrogens is 3. The number of hydrogen-bond donors (Lipinski definition) is 1. The Hall–Kier alpha value is -2.21. The maximum absolute atomic E-state index is 12.2. The number of Topliss-reactive ketones (excluding diaryl/α,β-unsaturated/α-hetero) is 1. The number of ether oxygens (including phenoxy) is 1. The van der Waals surface area contributed by atoms with Crippen molar-refractivity contribution in [1.29, 1.82) is 0 Å². The zero-order valence-corrected chi connectivity index (χ0v) is 10.7. The fourth-order valence-corrected chi connectivity index (χ4v) is 1.72. The number of rotatable bonds is 6. The molecule has 0 aliphatic carbocycles. The van der Waals surface area contributed by atoms with Gasteiger partial charge in [0.05, 0.1) is 24.1 Å². The molecule has 0 saturated carbocycles. The average Bonchev–Trinajstić information content (AvgIpc) is 2.87. The summed E-state index contributed by atoms with van der Waals surface area (Å²) in [7, 11) is 0. The van der Waals surface area contributed by atoms with Crippen molar-refractivity contribution in [3.05, 3.63) is 41.7 Å². The smallest absolute Gasteiger partial charge is 0.188 e. The van der Waals surface area contributed by atoms with Gasteiger partial charge in [0.25, 0.3) is 0 Å². The van der Waals surface area contributed by atoms with Crippen LogP contribution in [0.15, 0.2) is 30.5 Å². The van der Waals surface area contributed by atoms with Gasteiger partial charge in [-0.1, -0.05) is 17.3 Å². The van der Waals surface area contributed by atoms with Gasteiger partial charge in [0.15, 0.2) is 5.78 Å². The fourth-order valence-electron chi connectivity index (χ4n) is 1.72. The van der Waals surface area contributed by atoms with Gasteiger partial charge < -0.3 is 10.5 Å². The second-order valence-electron chi connectivity index (χ2n) is 3.96. The average molecular weight is 260 g/mol. The molecule has 1 aromatic heterocycles. The third-order valence-corrected chi connectivity index (χ3v) is 2.59. The van der Waals surface area contributed by atoms with Crippen LogP contribution in [0.1, 0.15) is 23.0 Å². The summed E-state index contributed by atoms with van der Waals surface area (Å²) >= 11 is 0. The molecule has 6 nitrogen and oxygen atoms in total. The molecule has 19 heavy (non-hydrogen) atoms. The van der Waals surface area contributed by atoms with Crippen LogP contribution < -0.4 is 10.5 Å².